The molecule has 0 aromatic carbocycles. The number of amides is 1. The van der Waals surface area contributed by atoms with Crippen LogP contribution in [0, 0.1) is 6.92 Å². The summed E-state index contributed by atoms with van der Waals surface area (Å²) in [4.78, 5) is 18.5. The van der Waals surface area contributed by atoms with Gasteiger partial charge in [0, 0.05) is 19.6 Å². The minimum atomic E-state index is -0.0987. The van der Waals surface area contributed by atoms with Crippen LogP contribution in [0.1, 0.15) is 23.0 Å². The topological polar surface area (TPSA) is 71.8 Å². The van der Waals surface area contributed by atoms with Gasteiger partial charge in [-0.2, -0.15) is 5.10 Å². The molecule has 1 amide bonds. The van der Waals surface area contributed by atoms with Crippen LogP contribution >= 0.6 is 36.2 Å². The van der Waals surface area contributed by atoms with Crippen LogP contribution in [0.25, 0.3) is 21.6 Å². The molecule has 3 rings (SSSR count). The summed E-state index contributed by atoms with van der Waals surface area (Å²) in [5.41, 5.74) is 2.96. The van der Waals surface area contributed by atoms with Crippen LogP contribution in [0.3, 0.4) is 0 Å². The summed E-state index contributed by atoms with van der Waals surface area (Å²) in [6.07, 6.45) is 0. The summed E-state index contributed by atoms with van der Waals surface area (Å²) in [6.45, 7) is 4.49. The first-order chi connectivity index (χ1) is 11.5. The maximum atomic E-state index is 12.8. The number of aromatic nitrogens is 3. The number of hydrogen-bond donors (Lipinski definition) is 2. The Balaban J connectivity index is 0.00000169. The predicted octanol–water partition coefficient (Wildman–Crippen LogP) is 3.19. The maximum absolute atomic E-state index is 12.8. The van der Waals surface area contributed by atoms with Crippen molar-refractivity contribution in [2.24, 2.45) is 7.05 Å². The second-order valence-electron chi connectivity index (χ2n) is 5.84. The van der Waals surface area contributed by atoms with Crippen LogP contribution in [0.4, 0.5) is 0 Å². The smallest absolute Gasteiger partial charge is 0.252 e. The molecular weight excluding hydrogens is 393 g/mol. The lowest BCUT2D eigenvalue weighted by atomic mass is 10.1. The summed E-state index contributed by atoms with van der Waals surface area (Å²) in [5.74, 6) is -0.0987. The van der Waals surface area contributed by atoms with Crippen LogP contribution in [-0.4, -0.2) is 40.3 Å². The minimum Gasteiger partial charge on any atom is -0.350 e. The fourth-order valence-electron chi connectivity index (χ4n) is 2.62. The molecule has 0 bridgehead atoms. The number of hydrogen-bond acceptors (Lipinski definition) is 5. The monoisotopic (exact) mass is 415 g/mol. The summed E-state index contributed by atoms with van der Waals surface area (Å²) in [6, 6.07) is 6.06. The van der Waals surface area contributed by atoms with E-state index in [9.17, 15) is 4.79 Å². The second-order valence-corrected chi connectivity index (χ2v) is 6.79. The number of aryl methyl sites for hydroxylation is 2. The molecule has 0 saturated heterocycles. The Labute approximate surface area is 169 Å². The Hall–Kier alpha value is -1.67. The van der Waals surface area contributed by atoms with Crippen molar-refractivity contribution in [2.75, 3.05) is 13.6 Å². The standard InChI is InChI=1S/C17H21N5OS.2ClH/c1-10(18-3)9-19-17(23)12-8-13(14-6-5-7-24-14)20-16-15(12)11(2)21-22(16)4;;/h5-8,10,18H,9H2,1-4H3,(H,19,23);2*1H. The van der Waals surface area contributed by atoms with E-state index in [4.69, 9.17) is 4.98 Å². The molecule has 3 aromatic rings. The summed E-state index contributed by atoms with van der Waals surface area (Å²) in [7, 11) is 3.73. The van der Waals surface area contributed by atoms with Gasteiger partial charge in [0.1, 0.15) is 0 Å². The number of likely N-dealkylation sites (N-methyl/N-ethyl adjacent to an activating group) is 1. The van der Waals surface area contributed by atoms with Crippen molar-refractivity contribution in [2.45, 2.75) is 19.9 Å². The van der Waals surface area contributed by atoms with Gasteiger partial charge >= 0.3 is 0 Å². The highest BCUT2D eigenvalue weighted by molar-refractivity contribution is 7.13. The molecule has 0 fully saturated rings. The third kappa shape index (κ3) is 4.35. The molecule has 0 aliphatic rings. The molecule has 142 valence electrons. The van der Waals surface area contributed by atoms with Gasteiger partial charge in [0.15, 0.2) is 5.65 Å². The highest BCUT2D eigenvalue weighted by Gasteiger charge is 2.19. The van der Waals surface area contributed by atoms with E-state index >= 15 is 0 Å². The van der Waals surface area contributed by atoms with Crippen LogP contribution in [0.2, 0.25) is 0 Å². The van der Waals surface area contributed by atoms with Gasteiger partial charge in [-0.1, -0.05) is 6.07 Å². The van der Waals surface area contributed by atoms with Crippen LogP contribution in [0.5, 0.6) is 0 Å². The van der Waals surface area contributed by atoms with Gasteiger partial charge in [0.05, 0.1) is 27.2 Å². The van der Waals surface area contributed by atoms with E-state index in [2.05, 4.69) is 15.7 Å². The zero-order chi connectivity index (χ0) is 17.3. The van der Waals surface area contributed by atoms with E-state index in [1.807, 2.05) is 51.5 Å². The van der Waals surface area contributed by atoms with Gasteiger partial charge in [0.25, 0.3) is 5.91 Å². The molecule has 6 nitrogen and oxygen atoms in total. The molecular formula is C17H23Cl2N5OS. The summed E-state index contributed by atoms with van der Waals surface area (Å²) >= 11 is 1.61. The molecule has 1 unspecified atom stereocenters. The second kappa shape index (κ2) is 9.32. The highest BCUT2D eigenvalue weighted by Crippen LogP contribution is 2.29. The molecule has 1 atom stereocenters. The van der Waals surface area contributed by atoms with Crippen LogP contribution in [-0.2, 0) is 7.05 Å². The van der Waals surface area contributed by atoms with Crippen molar-refractivity contribution in [3.05, 3.63) is 34.8 Å². The maximum Gasteiger partial charge on any atom is 0.252 e. The van der Waals surface area contributed by atoms with Crippen molar-refractivity contribution < 1.29 is 4.79 Å². The molecule has 26 heavy (non-hydrogen) atoms. The molecule has 0 aliphatic carbocycles. The fraction of sp³-hybridized carbons (Fsp3) is 0.353. The van der Waals surface area contributed by atoms with E-state index in [0.717, 1.165) is 27.3 Å². The van der Waals surface area contributed by atoms with Crippen molar-refractivity contribution in [3.63, 3.8) is 0 Å². The van der Waals surface area contributed by atoms with Gasteiger partial charge in [0.2, 0.25) is 0 Å². The van der Waals surface area contributed by atoms with Crippen molar-refractivity contribution in [3.8, 4) is 10.6 Å². The van der Waals surface area contributed by atoms with E-state index < -0.39 is 0 Å². The molecule has 0 saturated carbocycles. The first-order valence-corrected chi connectivity index (χ1v) is 8.73. The predicted molar refractivity (Wildman–Crippen MR) is 112 cm³/mol. The number of thiophene rings is 1. The molecule has 3 heterocycles. The Morgan fingerprint density at radius 1 is 1.38 bits per heavy atom. The third-order valence-corrected chi connectivity index (χ3v) is 4.94. The minimum absolute atomic E-state index is 0. The van der Waals surface area contributed by atoms with Crippen LogP contribution in [0.15, 0.2) is 23.6 Å². The van der Waals surface area contributed by atoms with Gasteiger partial charge in [-0.25, -0.2) is 4.98 Å². The first-order valence-electron chi connectivity index (χ1n) is 7.85. The number of carbonyl (C=O) groups excluding carboxylic acids is 1. The number of nitrogens with one attached hydrogen (secondary N) is 2. The number of nitrogens with zero attached hydrogens (tertiary/aromatic N) is 3. The Morgan fingerprint density at radius 2 is 2.12 bits per heavy atom. The van der Waals surface area contributed by atoms with Crippen molar-refractivity contribution >= 4 is 53.1 Å². The number of fused-ring (bicyclic) bond motifs is 1. The number of rotatable bonds is 5. The number of halogens is 2. The number of pyridine rings is 1. The fourth-order valence-corrected chi connectivity index (χ4v) is 3.30. The summed E-state index contributed by atoms with van der Waals surface area (Å²) < 4.78 is 1.73. The van der Waals surface area contributed by atoms with Crippen molar-refractivity contribution in [1.29, 1.82) is 0 Å². The Bertz CT molecular complexity index is 879. The molecule has 0 aliphatic heterocycles. The van der Waals surface area contributed by atoms with Crippen molar-refractivity contribution in [1.82, 2.24) is 25.4 Å². The third-order valence-electron chi connectivity index (χ3n) is 4.05. The zero-order valence-electron chi connectivity index (χ0n) is 15.1. The molecule has 2 N–H and O–H groups in total. The normalized spacial score (nSPS) is 11.5. The van der Waals surface area contributed by atoms with E-state index in [-0.39, 0.29) is 36.8 Å². The lowest BCUT2D eigenvalue weighted by Gasteiger charge is -2.12. The lowest BCUT2D eigenvalue weighted by molar-refractivity contribution is 0.0952. The Morgan fingerprint density at radius 3 is 2.73 bits per heavy atom. The molecule has 3 aromatic heterocycles. The van der Waals surface area contributed by atoms with Gasteiger partial charge in [-0.15, -0.1) is 36.2 Å². The highest BCUT2D eigenvalue weighted by atomic mass is 35.5. The van der Waals surface area contributed by atoms with E-state index in [1.165, 1.54) is 0 Å². The lowest BCUT2D eigenvalue weighted by Crippen LogP contribution is -2.37. The molecule has 0 spiro atoms. The van der Waals surface area contributed by atoms with Gasteiger partial charge < -0.3 is 10.6 Å². The zero-order valence-corrected chi connectivity index (χ0v) is 17.5. The molecule has 0 radical (unpaired) electrons. The summed E-state index contributed by atoms with van der Waals surface area (Å²) in [5, 5.41) is 13.4. The molecule has 9 heteroatoms. The Kier molecular flexibility index (Phi) is 8.02. The van der Waals surface area contributed by atoms with Gasteiger partial charge in [-0.3, -0.25) is 9.48 Å². The number of carbonyl (C=O) groups is 1. The quantitative estimate of drug-likeness (QED) is 0.670. The van der Waals surface area contributed by atoms with Crippen LogP contribution < -0.4 is 10.6 Å². The SMILES string of the molecule is CNC(C)CNC(=O)c1cc(-c2cccs2)nc2c1c(C)nn2C.Cl.Cl. The van der Waals surface area contributed by atoms with Gasteiger partial charge in [-0.05, 0) is 38.4 Å². The average Bonchev–Trinajstić information content (AvgIpc) is 3.20. The average molecular weight is 416 g/mol. The largest absolute Gasteiger partial charge is 0.350 e. The van der Waals surface area contributed by atoms with E-state index in [1.54, 1.807) is 16.0 Å². The van der Waals surface area contributed by atoms with E-state index in [0.29, 0.717) is 12.1 Å². The first kappa shape index (κ1) is 22.4.